The van der Waals surface area contributed by atoms with Crippen molar-refractivity contribution >= 4 is 29.5 Å². The van der Waals surface area contributed by atoms with Gasteiger partial charge in [0, 0.05) is 36.8 Å². The zero-order chi connectivity index (χ0) is 25.2. The van der Waals surface area contributed by atoms with E-state index in [0.717, 1.165) is 18.8 Å². The second kappa shape index (κ2) is 12.2. The van der Waals surface area contributed by atoms with Gasteiger partial charge in [0.1, 0.15) is 18.1 Å². The lowest BCUT2D eigenvalue weighted by Gasteiger charge is -2.17. The number of hydrogen-bond acceptors (Lipinski definition) is 7. The minimum Gasteiger partial charge on any atom is -0.491 e. The molecule has 0 aromatic heterocycles. The number of benzene rings is 2. The zero-order valence-corrected chi connectivity index (χ0v) is 19.8. The van der Waals surface area contributed by atoms with Gasteiger partial charge in [0.25, 0.3) is 5.91 Å². The Hall–Kier alpha value is -4.32. The molecule has 2 aromatic rings. The molecule has 9 nitrogen and oxygen atoms in total. The Balaban J connectivity index is 1.63. The highest BCUT2D eigenvalue weighted by Gasteiger charge is 2.15. The fraction of sp³-hybridized carbons (Fsp3) is 0.308. The van der Waals surface area contributed by atoms with Gasteiger partial charge in [-0.15, -0.1) is 0 Å². The van der Waals surface area contributed by atoms with Crippen LogP contribution >= 0.6 is 0 Å². The Kier molecular flexibility index (Phi) is 8.84. The summed E-state index contributed by atoms with van der Waals surface area (Å²) in [5.41, 5.74) is 2.42. The van der Waals surface area contributed by atoms with E-state index in [1.54, 1.807) is 24.3 Å². The highest BCUT2D eigenvalue weighted by molar-refractivity contribution is 5.98. The number of esters is 1. The molecule has 2 amide bonds. The van der Waals surface area contributed by atoms with Crippen LogP contribution in [-0.4, -0.2) is 51.1 Å². The molecule has 0 saturated carbocycles. The van der Waals surface area contributed by atoms with Crippen LogP contribution in [0.15, 0.2) is 48.2 Å². The van der Waals surface area contributed by atoms with E-state index in [1.807, 2.05) is 18.2 Å². The van der Waals surface area contributed by atoms with Crippen molar-refractivity contribution in [2.75, 3.05) is 38.3 Å². The molecule has 1 aliphatic rings. The monoisotopic (exact) mass is 476 g/mol. The number of carbonyl (C=O) groups excluding carboxylic acids is 3. The Bertz CT molecular complexity index is 1150. The van der Waals surface area contributed by atoms with Gasteiger partial charge in [0.2, 0.25) is 5.91 Å². The predicted octanol–water partition coefficient (Wildman–Crippen LogP) is 2.62. The van der Waals surface area contributed by atoms with Gasteiger partial charge in [-0.3, -0.25) is 9.59 Å². The third-order valence-electron chi connectivity index (χ3n) is 5.40. The lowest BCUT2D eigenvalue weighted by atomic mass is 10.1. The molecule has 1 aliphatic heterocycles. The number of nitrogens with zero attached hydrogens (tertiary/aromatic N) is 2. The third-order valence-corrected chi connectivity index (χ3v) is 5.40. The van der Waals surface area contributed by atoms with E-state index in [0.29, 0.717) is 22.4 Å². The van der Waals surface area contributed by atoms with Crippen LogP contribution in [0, 0.1) is 11.3 Å². The van der Waals surface area contributed by atoms with E-state index >= 15 is 0 Å². The average Bonchev–Trinajstić information content (AvgIpc) is 3.41. The van der Waals surface area contributed by atoms with Crippen LogP contribution in [0.1, 0.15) is 41.3 Å². The highest BCUT2D eigenvalue weighted by atomic mass is 16.5. The predicted molar refractivity (Wildman–Crippen MR) is 131 cm³/mol. The van der Waals surface area contributed by atoms with Crippen molar-refractivity contribution in [1.29, 1.82) is 5.26 Å². The van der Waals surface area contributed by atoms with E-state index in [1.165, 1.54) is 39.0 Å². The molecule has 0 bridgehead atoms. The van der Waals surface area contributed by atoms with Crippen LogP contribution in [0.5, 0.6) is 5.75 Å². The standard InChI is InChI=1S/C26H28N4O5/c1-18(31)29-23(26(33)34-2)16-21-6-5-19(17-27)15-24(21)35-14-11-28-25(32)20-7-9-22(10-8-20)30-12-3-4-13-30/h5-10,15-16H,3-4,11-14H2,1-2H3,(H,28,32)(H,29,31)/b23-16+. The summed E-state index contributed by atoms with van der Waals surface area (Å²) in [6.07, 6.45) is 3.78. The van der Waals surface area contributed by atoms with Crippen LogP contribution in [-0.2, 0) is 14.3 Å². The molecule has 0 aliphatic carbocycles. The number of anilines is 1. The summed E-state index contributed by atoms with van der Waals surface area (Å²) in [5.74, 6) is -1.06. The molecule has 0 atom stereocenters. The summed E-state index contributed by atoms with van der Waals surface area (Å²) < 4.78 is 10.5. The van der Waals surface area contributed by atoms with E-state index in [2.05, 4.69) is 15.5 Å². The fourth-order valence-corrected chi connectivity index (χ4v) is 3.68. The largest absolute Gasteiger partial charge is 0.491 e. The quantitative estimate of drug-likeness (QED) is 0.324. The Labute approximate surface area is 204 Å². The van der Waals surface area contributed by atoms with Gasteiger partial charge in [-0.05, 0) is 61.4 Å². The van der Waals surface area contributed by atoms with Gasteiger partial charge in [-0.1, -0.05) is 0 Å². The van der Waals surface area contributed by atoms with Crippen molar-refractivity contribution in [1.82, 2.24) is 10.6 Å². The smallest absolute Gasteiger partial charge is 0.354 e. The summed E-state index contributed by atoms with van der Waals surface area (Å²) in [4.78, 5) is 38.2. The lowest BCUT2D eigenvalue weighted by Crippen LogP contribution is -2.28. The minimum atomic E-state index is -0.724. The molecule has 0 radical (unpaired) electrons. The maximum Gasteiger partial charge on any atom is 0.354 e. The van der Waals surface area contributed by atoms with Crippen LogP contribution in [0.3, 0.4) is 0 Å². The molecule has 0 spiro atoms. The maximum absolute atomic E-state index is 12.5. The summed E-state index contributed by atoms with van der Waals surface area (Å²) in [6, 6.07) is 14.2. The molecule has 1 saturated heterocycles. The van der Waals surface area contributed by atoms with E-state index in [9.17, 15) is 19.6 Å². The summed E-state index contributed by atoms with van der Waals surface area (Å²) in [7, 11) is 1.21. The SMILES string of the molecule is COC(=O)/C(=C\c1ccc(C#N)cc1OCCNC(=O)c1ccc(N2CCCC2)cc1)NC(C)=O. The number of ether oxygens (including phenoxy) is 2. The van der Waals surface area contributed by atoms with Gasteiger partial charge < -0.3 is 25.0 Å². The van der Waals surface area contributed by atoms with E-state index in [4.69, 9.17) is 9.47 Å². The highest BCUT2D eigenvalue weighted by Crippen LogP contribution is 2.23. The van der Waals surface area contributed by atoms with Crippen molar-refractivity contribution in [2.24, 2.45) is 0 Å². The Morgan fingerprint density at radius 2 is 1.83 bits per heavy atom. The number of hydrogen-bond donors (Lipinski definition) is 2. The summed E-state index contributed by atoms with van der Waals surface area (Å²) >= 11 is 0. The van der Waals surface area contributed by atoms with E-state index in [-0.39, 0.29) is 24.8 Å². The second-order valence-electron chi connectivity index (χ2n) is 7.94. The van der Waals surface area contributed by atoms with Gasteiger partial charge >= 0.3 is 5.97 Å². The normalized spacial score (nSPS) is 13.1. The molecule has 0 unspecified atom stereocenters. The second-order valence-corrected chi connectivity index (χ2v) is 7.94. The summed E-state index contributed by atoms with van der Waals surface area (Å²) in [5, 5.41) is 14.5. The molecule has 3 rings (SSSR count). The fourth-order valence-electron chi connectivity index (χ4n) is 3.68. The van der Waals surface area contributed by atoms with Crippen molar-refractivity contribution < 1.29 is 23.9 Å². The first-order valence-electron chi connectivity index (χ1n) is 11.3. The Morgan fingerprint density at radius 3 is 2.46 bits per heavy atom. The number of methoxy groups -OCH3 is 1. The number of carbonyl (C=O) groups is 3. The van der Waals surface area contributed by atoms with Gasteiger partial charge in [-0.25, -0.2) is 4.79 Å². The average molecular weight is 477 g/mol. The zero-order valence-electron chi connectivity index (χ0n) is 19.8. The van der Waals surface area contributed by atoms with Gasteiger partial charge in [-0.2, -0.15) is 5.26 Å². The molecule has 2 N–H and O–H groups in total. The maximum atomic E-state index is 12.5. The van der Waals surface area contributed by atoms with Crippen LogP contribution in [0.25, 0.3) is 6.08 Å². The molecular weight excluding hydrogens is 448 g/mol. The summed E-state index contributed by atoms with van der Waals surface area (Å²) in [6.45, 7) is 3.71. The number of nitriles is 1. The van der Waals surface area contributed by atoms with Crippen LogP contribution < -0.4 is 20.3 Å². The molecule has 182 valence electrons. The molecule has 35 heavy (non-hydrogen) atoms. The first kappa shape index (κ1) is 25.3. The molecule has 2 aromatic carbocycles. The van der Waals surface area contributed by atoms with E-state index < -0.39 is 11.9 Å². The van der Waals surface area contributed by atoms with Crippen molar-refractivity contribution in [3.05, 3.63) is 64.9 Å². The molecule has 1 heterocycles. The van der Waals surface area contributed by atoms with Crippen molar-refractivity contribution in [3.63, 3.8) is 0 Å². The van der Waals surface area contributed by atoms with Crippen molar-refractivity contribution in [3.8, 4) is 11.8 Å². The number of amides is 2. The third kappa shape index (κ3) is 7.08. The van der Waals surface area contributed by atoms with Gasteiger partial charge in [0.05, 0.1) is 25.3 Å². The lowest BCUT2D eigenvalue weighted by molar-refractivity contribution is -0.137. The number of rotatable bonds is 9. The van der Waals surface area contributed by atoms with Gasteiger partial charge in [0.15, 0.2) is 0 Å². The molecular formula is C26H28N4O5. The van der Waals surface area contributed by atoms with Crippen LogP contribution in [0.4, 0.5) is 5.69 Å². The first-order chi connectivity index (χ1) is 16.9. The number of nitrogens with one attached hydrogen (secondary N) is 2. The topological polar surface area (TPSA) is 121 Å². The van der Waals surface area contributed by atoms with Crippen molar-refractivity contribution in [2.45, 2.75) is 19.8 Å². The Morgan fingerprint density at radius 1 is 1.11 bits per heavy atom. The first-order valence-corrected chi connectivity index (χ1v) is 11.3. The minimum absolute atomic E-state index is 0.0692. The molecule has 1 fully saturated rings. The molecule has 9 heteroatoms. The van der Waals surface area contributed by atoms with Crippen LogP contribution in [0.2, 0.25) is 0 Å².